The molecule has 4 heteroatoms. The highest BCUT2D eigenvalue weighted by molar-refractivity contribution is 6.35. The molecule has 0 bridgehead atoms. The Balaban J connectivity index is 2.38. The molecule has 2 nitrogen and oxygen atoms in total. The van der Waals surface area contributed by atoms with Gasteiger partial charge in [-0.2, -0.15) is 0 Å². The molecule has 0 aliphatic heterocycles. The molecule has 0 fully saturated rings. The normalized spacial score (nSPS) is 10.8. The molecule has 0 aliphatic carbocycles. The predicted octanol–water partition coefficient (Wildman–Crippen LogP) is 3.99. The van der Waals surface area contributed by atoms with Gasteiger partial charge in [-0.25, -0.2) is 4.39 Å². The van der Waals surface area contributed by atoms with Gasteiger partial charge in [0.2, 0.25) is 0 Å². The van der Waals surface area contributed by atoms with E-state index < -0.39 is 5.82 Å². The zero-order valence-corrected chi connectivity index (χ0v) is 10.5. The zero-order chi connectivity index (χ0) is 13.4. The number of aromatic amines is 1. The third-order valence-corrected chi connectivity index (χ3v) is 3.28. The Morgan fingerprint density at radius 3 is 2.53 bits per heavy atom. The number of aromatic nitrogens is 1. The van der Waals surface area contributed by atoms with E-state index in [0.717, 1.165) is 5.56 Å². The van der Waals surface area contributed by atoms with Crippen molar-refractivity contribution in [3.05, 3.63) is 69.6 Å². The highest BCUT2D eigenvalue weighted by atomic mass is 35.5. The molecule has 1 aromatic heterocycles. The standard InChI is InChI=1S/C15H9ClFNO/c16-10-6-7-11(17)14-13(19)8-12(18-15(10)14)9-4-2-1-3-5-9/h1-8H,(H,18,19). The van der Waals surface area contributed by atoms with Gasteiger partial charge in [-0.3, -0.25) is 4.79 Å². The lowest BCUT2D eigenvalue weighted by Gasteiger charge is -2.06. The third-order valence-electron chi connectivity index (χ3n) is 2.97. The Hall–Kier alpha value is -2.13. The molecule has 2 aromatic carbocycles. The fraction of sp³-hybridized carbons (Fsp3) is 0. The van der Waals surface area contributed by atoms with Gasteiger partial charge < -0.3 is 4.98 Å². The summed E-state index contributed by atoms with van der Waals surface area (Å²) in [6, 6.07) is 13.4. The van der Waals surface area contributed by atoms with E-state index in [-0.39, 0.29) is 10.8 Å². The zero-order valence-electron chi connectivity index (χ0n) is 9.78. The summed E-state index contributed by atoms with van der Waals surface area (Å²) in [6.45, 7) is 0. The van der Waals surface area contributed by atoms with Crippen LogP contribution in [0.1, 0.15) is 0 Å². The Labute approximate surface area is 113 Å². The van der Waals surface area contributed by atoms with E-state index in [0.29, 0.717) is 16.2 Å². The molecule has 0 saturated heterocycles. The van der Waals surface area contributed by atoms with Crippen LogP contribution in [0.3, 0.4) is 0 Å². The van der Waals surface area contributed by atoms with Gasteiger partial charge in [-0.15, -0.1) is 0 Å². The molecule has 0 amide bonds. The molecule has 0 unspecified atom stereocenters. The molecule has 94 valence electrons. The third kappa shape index (κ3) is 2.02. The largest absolute Gasteiger partial charge is 0.353 e. The second-order valence-corrected chi connectivity index (χ2v) is 4.60. The average Bonchev–Trinajstić information content (AvgIpc) is 2.43. The van der Waals surface area contributed by atoms with Crippen LogP contribution in [0, 0.1) is 5.82 Å². The Kier molecular flexibility index (Phi) is 2.84. The van der Waals surface area contributed by atoms with Crippen molar-refractivity contribution in [2.24, 2.45) is 0 Å². The lowest BCUT2D eigenvalue weighted by Crippen LogP contribution is -2.05. The highest BCUT2D eigenvalue weighted by Crippen LogP contribution is 2.24. The maximum Gasteiger partial charge on any atom is 0.193 e. The van der Waals surface area contributed by atoms with Crippen LogP contribution in [0.15, 0.2) is 53.3 Å². The average molecular weight is 274 g/mol. The monoisotopic (exact) mass is 273 g/mol. The quantitative estimate of drug-likeness (QED) is 0.714. The second-order valence-electron chi connectivity index (χ2n) is 4.19. The van der Waals surface area contributed by atoms with Crippen LogP contribution in [0.5, 0.6) is 0 Å². The minimum Gasteiger partial charge on any atom is -0.353 e. The molecule has 0 saturated carbocycles. The van der Waals surface area contributed by atoms with Crippen molar-refractivity contribution in [3.63, 3.8) is 0 Å². The first-order valence-electron chi connectivity index (χ1n) is 5.73. The van der Waals surface area contributed by atoms with E-state index in [2.05, 4.69) is 4.98 Å². The fourth-order valence-corrected chi connectivity index (χ4v) is 2.27. The van der Waals surface area contributed by atoms with Crippen LogP contribution in [0.2, 0.25) is 5.02 Å². The van der Waals surface area contributed by atoms with Gasteiger partial charge >= 0.3 is 0 Å². The van der Waals surface area contributed by atoms with Crippen LogP contribution in [-0.2, 0) is 0 Å². The van der Waals surface area contributed by atoms with Gasteiger partial charge in [-0.05, 0) is 17.7 Å². The number of nitrogens with one attached hydrogen (secondary N) is 1. The SMILES string of the molecule is O=c1cc(-c2ccccc2)[nH]c2c(Cl)ccc(F)c12. The summed E-state index contributed by atoms with van der Waals surface area (Å²) < 4.78 is 13.7. The van der Waals surface area contributed by atoms with E-state index in [1.807, 2.05) is 30.3 Å². The lowest BCUT2D eigenvalue weighted by molar-refractivity contribution is 0.639. The summed E-state index contributed by atoms with van der Waals surface area (Å²) in [6.07, 6.45) is 0. The Morgan fingerprint density at radius 1 is 1.05 bits per heavy atom. The molecular formula is C15H9ClFNO. The number of rotatable bonds is 1. The first kappa shape index (κ1) is 11.9. The minimum atomic E-state index is -0.569. The van der Waals surface area contributed by atoms with E-state index in [9.17, 15) is 9.18 Å². The van der Waals surface area contributed by atoms with Crippen molar-refractivity contribution in [2.45, 2.75) is 0 Å². The van der Waals surface area contributed by atoms with Crippen molar-refractivity contribution in [1.29, 1.82) is 0 Å². The minimum absolute atomic E-state index is 0.00724. The maximum absolute atomic E-state index is 13.7. The van der Waals surface area contributed by atoms with Gasteiger partial charge in [0, 0.05) is 11.8 Å². The van der Waals surface area contributed by atoms with Gasteiger partial charge in [0.1, 0.15) is 5.82 Å². The van der Waals surface area contributed by atoms with E-state index in [1.54, 1.807) is 0 Å². The van der Waals surface area contributed by atoms with E-state index >= 15 is 0 Å². The van der Waals surface area contributed by atoms with Gasteiger partial charge in [0.05, 0.1) is 15.9 Å². The molecule has 3 rings (SSSR count). The highest BCUT2D eigenvalue weighted by Gasteiger charge is 2.11. The summed E-state index contributed by atoms with van der Waals surface area (Å²) in [5.74, 6) is -0.569. The molecule has 3 aromatic rings. The number of pyridine rings is 1. The van der Waals surface area contributed by atoms with Gasteiger partial charge in [0.25, 0.3) is 0 Å². The van der Waals surface area contributed by atoms with Crippen LogP contribution < -0.4 is 5.43 Å². The molecule has 1 N–H and O–H groups in total. The fourth-order valence-electron chi connectivity index (χ4n) is 2.06. The first-order valence-corrected chi connectivity index (χ1v) is 6.11. The molecule has 19 heavy (non-hydrogen) atoms. The molecule has 1 heterocycles. The number of hydrogen-bond acceptors (Lipinski definition) is 1. The molecule has 0 radical (unpaired) electrons. The molecule has 0 atom stereocenters. The summed E-state index contributed by atoms with van der Waals surface area (Å²) in [7, 11) is 0. The first-order chi connectivity index (χ1) is 9.16. The molecular weight excluding hydrogens is 265 g/mol. The lowest BCUT2D eigenvalue weighted by atomic mass is 10.1. The second kappa shape index (κ2) is 4.52. The van der Waals surface area contributed by atoms with E-state index in [1.165, 1.54) is 18.2 Å². The molecule has 0 spiro atoms. The summed E-state index contributed by atoms with van der Waals surface area (Å²) in [5, 5.41) is 0.318. The summed E-state index contributed by atoms with van der Waals surface area (Å²) in [4.78, 5) is 15.0. The van der Waals surface area contributed by atoms with Crippen LogP contribution in [0.4, 0.5) is 4.39 Å². The summed E-state index contributed by atoms with van der Waals surface area (Å²) in [5.41, 5.74) is 1.41. The Bertz CT molecular complexity index is 811. The van der Waals surface area contributed by atoms with Gasteiger partial charge in [-0.1, -0.05) is 41.9 Å². The Morgan fingerprint density at radius 2 is 1.79 bits per heavy atom. The van der Waals surface area contributed by atoms with Crippen LogP contribution in [-0.4, -0.2) is 4.98 Å². The number of H-pyrrole nitrogens is 1. The van der Waals surface area contributed by atoms with Crippen LogP contribution in [0.25, 0.3) is 22.2 Å². The summed E-state index contributed by atoms with van der Waals surface area (Å²) >= 11 is 6.02. The van der Waals surface area contributed by atoms with E-state index in [4.69, 9.17) is 11.6 Å². The number of fused-ring (bicyclic) bond motifs is 1. The van der Waals surface area contributed by atoms with Crippen molar-refractivity contribution in [2.75, 3.05) is 0 Å². The number of hydrogen-bond donors (Lipinski definition) is 1. The molecule has 0 aliphatic rings. The van der Waals surface area contributed by atoms with Crippen molar-refractivity contribution >= 4 is 22.5 Å². The van der Waals surface area contributed by atoms with Gasteiger partial charge in [0.15, 0.2) is 5.43 Å². The topological polar surface area (TPSA) is 32.9 Å². The van der Waals surface area contributed by atoms with Crippen LogP contribution >= 0.6 is 11.6 Å². The smallest absolute Gasteiger partial charge is 0.193 e. The number of halogens is 2. The predicted molar refractivity (Wildman–Crippen MR) is 75.0 cm³/mol. The van der Waals surface area contributed by atoms with Crippen molar-refractivity contribution in [3.8, 4) is 11.3 Å². The van der Waals surface area contributed by atoms with Crippen molar-refractivity contribution in [1.82, 2.24) is 4.98 Å². The number of benzene rings is 2. The maximum atomic E-state index is 13.7. The van der Waals surface area contributed by atoms with Crippen molar-refractivity contribution < 1.29 is 4.39 Å².